The topological polar surface area (TPSA) is 75.5 Å². The minimum Gasteiger partial charge on any atom is -0.376 e. The highest BCUT2D eigenvalue weighted by Gasteiger charge is 2.19. The van der Waals surface area contributed by atoms with Crippen LogP contribution in [0.2, 0.25) is 0 Å². The maximum atomic E-state index is 12.7. The summed E-state index contributed by atoms with van der Waals surface area (Å²) in [6.45, 7) is 7.53. The average molecular weight is 341 g/mol. The fourth-order valence-corrected chi connectivity index (χ4v) is 2.80. The van der Waals surface area contributed by atoms with E-state index in [0.29, 0.717) is 11.3 Å². The van der Waals surface area contributed by atoms with Gasteiger partial charge in [0.25, 0.3) is 5.69 Å². The summed E-state index contributed by atoms with van der Waals surface area (Å²) < 4.78 is 0. The van der Waals surface area contributed by atoms with Crippen LogP contribution in [-0.4, -0.2) is 23.4 Å². The molecule has 0 aliphatic carbocycles. The molecule has 0 spiro atoms. The lowest BCUT2D eigenvalue weighted by molar-refractivity contribution is -0.385. The van der Waals surface area contributed by atoms with Crippen LogP contribution in [0.25, 0.3) is 0 Å². The predicted molar refractivity (Wildman–Crippen MR) is 100 cm³/mol. The van der Waals surface area contributed by atoms with Crippen molar-refractivity contribution in [2.24, 2.45) is 0 Å². The first kappa shape index (κ1) is 18.4. The van der Waals surface area contributed by atoms with E-state index in [0.717, 1.165) is 11.3 Å². The maximum absolute atomic E-state index is 12.7. The Morgan fingerprint density at radius 3 is 2.36 bits per heavy atom. The van der Waals surface area contributed by atoms with E-state index in [1.165, 1.54) is 6.07 Å². The SMILES string of the molecule is Cc1cc(C)c([N+](=O)[O-])cc1NCC(=O)N(c1ccccc1)C(C)C. The lowest BCUT2D eigenvalue weighted by Crippen LogP contribution is -2.40. The number of aryl methyl sites for hydroxylation is 2. The van der Waals surface area contributed by atoms with E-state index in [2.05, 4.69) is 5.32 Å². The summed E-state index contributed by atoms with van der Waals surface area (Å²) in [7, 11) is 0. The van der Waals surface area contributed by atoms with Crippen LogP contribution in [-0.2, 0) is 4.79 Å². The van der Waals surface area contributed by atoms with Crippen LogP contribution in [0.1, 0.15) is 25.0 Å². The summed E-state index contributed by atoms with van der Waals surface area (Å²) in [4.78, 5) is 25.1. The van der Waals surface area contributed by atoms with Gasteiger partial charge in [-0.05, 0) is 51.5 Å². The van der Waals surface area contributed by atoms with Gasteiger partial charge in [0, 0.05) is 29.0 Å². The second kappa shape index (κ2) is 7.79. The molecule has 0 aliphatic rings. The molecule has 6 nitrogen and oxygen atoms in total. The monoisotopic (exact) mass is 341 g/mol. The zero-order valence-electron chi connectivity index (χ0n) is 14.9. The highest BCUT2D eigenvalue weighted by Crippen LogP contribution is 2.26. The summed E-state index contributed by atoms with van der Waals surface area (Å²) in [5, 5.41) is 14.2. The molecule has 25 heavy (non-hydrogen) atoms. The summed E-state index contributed by atoms with van der Waals surface area (Å²) in [6, 6.07) is 12.7. The number of anilines is 2. The van der Waals surface area contributed by atoms with Gasteiger partial charge in [0.15, 0.2) is 0 Å². The molecule has 2 rings (SSSR count). The molecular weight excluding hydrogens is 318 g/mol. The number of nitro benzene ring substituents is 1. The van der Waals surface area contributed by atoms with Gasteiger partial charge in [-0.3, -0.25) is 14.9 Å². The molecule has 0 saturated heterocycles. The van der Waals surface area contributed by atoms with Crippen LogP contribution in [0.4, 0.5) is 17.1 Å². The first-order valence-corrected chi connectivity index (χ1v) is 8.18. The predicted octanol–water partition coefficient (Wildman–Crippen LogP) is 4.07. The van der Waals surface area contributed by atoms with Gasteiger partial charge >= 0.3 is 0 Å². The van der Waals surface area contributed by atoms with Crippen LogP contribution >= 0.6 is 0 Å². The summed E-state index contributed by atoms with van der Waals surface area (Å²) in [5.41, 5.74) is 2.95. The largest absolute Gasteiger partial charge is 0.376 e. The summed E-state index contributed by atoms with van der Waals surface area (Å²) in [5.74, 6) is -0.0937. The Morgan fingerprint density at radius 1 is 1.16 bits per heavy atom. The smallest absolute Gasteiger partial charge is 0.274 e. The first-order valence-electron chi connectivity index (χ1n) is 8.18. The van der Waals surface area contributed by atoms with Crippen LogP contribution in [0, 0.1) is 24.0 Å². The third-order valence-electron chi connectivity index (χ3n) is 3.99. The van der Waals surface area contributed by atoms with Crippen LogP contribution in [0.3, 0.4) is 0 Å². The van der Waals surface area contributed by atoms with Crippen LogP contribution in [0.15, 0.2) is 42.5 Å². The Labute approximate surface area is 147 Å². The number of hydrogen-bond acceptors (Lipinski definition) is 4. The third kappa shape index (κ3) is 4.35. The van der Waals surface area contributed by atoms with Crippen molar-refractivity contribution in [3.63, 3.8) is 0 Å². The van der Waals surface area contributed by atoms with E-state index in [9.17, 15) is 14.9 Å². The molecule has 1 N–H and O–H groups in total. The van der Waals surface area contributed by atoms with E-state index in [4.69, 9.17) is 0 Å². The second-order valence-corrected chi connectivity index (χ2v) is 6.26. The van der Waals surface area contributed by atoms with Crippen molar-refractivity contribution < 1.29 is 9.72 Å². The highest BCUT2D eigenvalue weighted by atomic mass is 16.6. The van der Waals surface area contributed by atoms with E-state index in [1.807, 2.05) is 51.1 Å². The van der Waals surface area contributed by atoms with Crippen molar-refractivity contribution in [3.05, 3.63) is 63.7 Å². The van der Waals surface area contributed by atoms with Gasteiger partial charge < -0.3 is 10.2 Å². The lowest BCUT2D eigenvalue weighted by Gasteiger charge is -2.27. The van der Waals surface area contributed by atoms with Crippen molar-refractivity contribution in [3.8, 4) is 0 Å². The standard InChI is InChI=1S/C19H23N3O3/c1-13(2)21(16-8-6-5-7-9-16)19(23)12-20-17-11-18(22(24)25)15(4)10-14(17)3/h5-11,13,20H,12H2,1-4H3. The number of nitro groups is 1. The normalized spacial score (nSPS) is 10.6. The molecule has 0 bridgehead atoms. The van der Waals surface area contributed by atoms with E-state index >= 15 is 0 Å². The van der Waals surface area contributed by atoms with Gasteiger partial charge in [-0.2, -0.15) is 0 Å². The fraction of sp³-hybridized carbons (Fsp3) is 0.316. The average Bonchev–Trinajstić information content (AvgIpc) is 2.54. The van der Waals surface area contributed by atoms with Crippen LogP contribution < -0.4 is 10.2 Å². The zero-order valence-corrected chi connectivity index (χ0v) is 14.9. The number of amides is 1. The Balaban J connectivity index is 2.18. The maximum Gasteiger partial charge on any atom is 0.274 e. The molecule has 2 aromatic carbocycles. The molecule has 0 atom stereocenters. The second-order valence-electron chi connectivity index (χ2n) is 6.26. The fourth-order valence-electron chi connectivity index (χ4n) is 2.80. The number of rotatable bonds is 6. The minimum atomic E-state index is -0.411. The quantitative estimate of drug-likeness (QED) is 0.635. The van der Waals surface area contributed by atoms with Crippen molar-refractivity contribution in [2.75, 3.05) is 16.8 Å². The van der Waals surface area contributed by atoms with Crippen molar-refractivity contribution in [1.29, 1.82) is 0 Å². The molecule has 0 radical (unpaired) electrons. The van der Waals surface area contributed by atoms with Gasteiger partial charge in [0.05, 0.1) is 11.5 Å². The number of para-hydroxylation sites is 1. The number of hydrogen-bond donors (Lipinski definition) is 1. The molecule has 0 aromatic heterocycles. The number of benzene rings is 2. The summed E-state index contributed by atoms with van der Waals surface area (Å²) in [6.07, 6.45) is 0. The molecule has 0 saturated carbocycles. The Kier molecular flexibility index (Phi) is 5.75. The molecule has 0 unspecified atom stereocenters. The van der Waals surface area contributed by atoms with Gasteiger partial charge in [0.2, 0.25) is 5.91 Å². The Bertz CT molecular complexity index is 773. The molecule has 0 heterocycles. The highest BCUT2D eigenvalue weighted by molar-refractivity contribution is 5.96. The molecule has 6 heteroatoms. The molecule has 1 amide bonds. The van der Waals surface area contributed by atoms with Crippen LogP contribution in [0.5, 0.6) is 0 Å². The zero-order chi connectivity index (χ0) is 18.6. The first-order chi connectivity index (χ1) is 11.8. The lowest BCUT2D eigenvalue weighted by atomic mass is 10.1. The third-order valence-corrected chi connectivity index (χ3v) is 3.99. The van der Waals surface area contributed by atoms with Gasteiger partial charge in [-0.25, -0.2) is 0 Å². The van der Waals surface area contributed by atoms with Gasteiger partial charge in [-0.15, -0.1) is 0 Å². The number of nitrogens with one attached hydrogen (secondary N) is 1. The van der Waals surface area contributed by atoms with E-state index < -0.39 is 4.92 Å². The molecule has 132 valence electrons. The number of carbonyl (C=O) groups excluding carboxylic acids is 1. The summed E-state index contributed by atoms with van der Waals surface area (Å²) >= 11 is 0. The number of nitrogens with zero attached hydrogens (tertiary/aromatic N) is 2. The van der Waals surface area contributed by atoms with Crippen molar-refractivity contribution in [1.82, 2.24) is 0 Å². The Morgan fingerprint density at radius 2 is 1.80 bits per heavy atom. The number of carbonyl (C=O) groups is 1. The minimum absolute atomic E-state index is 0.00477. The van der Waals surface area contributed by atoms with E-state index in [1.54, 1.807) is 17.9 Å². The van der Waals surface area contributed by atoms with Gasteiger partial charge in [-0.1, -0.05) is 18.2 Å². The molecule has 0 aliphatic heterocycles. The molecule has 2 aromatic rings. The van der Waals surface area contributed by atoms with Crippen molar-refractivity contribution in [2.45, 2.75) is 33.7 Å². The van der Waals surface area contributed by atoms with E-state index in [-0.39, 0.29) is 24.2 Å². The Hall–Kier alpha value is -2.89. The molecular formula is C19H23N3O3. The molecule has 0 fully saturated rings. The van der Waals surface area contributed by atoms with Crippen molar-refractivity contribution >= 4 is 23.0 Å². The van der Waals surface area contributed by atoms with Gasteiger partial charge in [0.1, 0.15) is 0 Å².